The molecule has 2 aliphatic rings. The smallest absolute Gasteiger partial charge is 0.408 e. The molecule has 35 heavy (non-hydrogen) atoms. The number of alkyl carbamates (subject to hydrolysis) is 1. The van der Waals surface area contributed by atoms with Crippen LogP contribution >= 0.6 is 11.8 Å². The summed E-state index contributed by atoms with van der Waals surface area (Å²) in [5, 5.41) is 12.2. The van der Waals surface area contributed by atoms with Crippen molar-refractivity contribution in [1.29, 1.82) is 0 Å². The van der Waals surface area contributed by atoms with Gasteiger partial charge in [-0.05, 0) is 27.8 Å². The molecule has 0 saturated carbocycles. The van der Waals surface area contributed by atoms with Gasteiger partial charge < -0.3 is 20.1 Å². The van der Waals surface area contributed by atoms with Crippen molar-refractivity contribution in [2.45, 2.75) is 18.0 Å². The van der Waals surface area contributed by atoms with Crippen LogP contribution in [0.15, 0.2) is 78.9 Å². The van der Waals surface area contributed by atoms with E-state index in [1.165, 1.54) is 16.7 Å². The van der Waals surface area contributed by atoms with E-state index in [9.17, 15) is 19.5 Å². The average molecular weight is 489 g/mol. The van der Waals surface area contributed by atoms with Crippen molar-refractivity contribution in [2.24, 2.45) is 0 Å². The van der Waals surface area contributed by atoms with Crippen LogP contribution < -0.4 is 5.32 Å². The summed E-state index contributed by atoms with van der Waals surface area (Å²) < 4.78 is 5.64. The molecule has 1 aliphatic heterocycles. The van der Waals surface area contributed by atoms with Gasteiger partial charge in [0.05, 0.1) is 5.88 Å². The van der Waals surface area contributed by atoms with Crippen LogP contribution in [0.3, 0.4) is 0 Å². The molecule has 7 nitrogen and oxygen atoms in total. The van der Waals surface area contributed by atoms with Gasteiger partial charge in [0.2, 0.25) is 0 Å². The van der Waals surface area contributed by atoms with E-state index in [0.717, 1.165) is 22.3 Å². The summed E-state index contributed by atoms with van der Waals surface area (Å²) in [6.45, 7) is 0.118. The molecule has 8 heteroatoms. The van der Waals surface area contributed by atoms with Crippen LogP contribution in [0, 0.1) is 0 Å². The lowest BCUT2D eigenvalue weighted by Crippen LogP contribution is -2.48. The van der Waals surface area contributed by atoms with Crippen molar-refractivity contribution >= 4 is 29.7 Å². The summed E-state index contributed by atoms with van der Waals surface area (Å²) in [7, 11) is 0. The first kappa shape index (κ1) is 23.0. The predicted octanol–water partition coefficient (Wildman–Crippen LogP) is 4.25. The molecule has 0 spiro atoms. The number of hydrogen-bond donors (Lipinski definition) is 2. The van der Waals surface area contributed by atoms with E-state index >= 15 is 0 Å². The number of aliphatic carboxylic acids is 1. The zero-order chi connectivity index (χ0) is 24.4. The zero-order valence-corrected chi connectivity index (χ0v) is 19.6. The van der Waals surface area contributed by atoms with Gasteiger partial charge in [-0.1, -0.05) is 78.9 Å². The normalized spacial score (nSPS) is 17.4. The number of carbonyl (C=O) groups is 3. The molecule has 2 atom stereocenters. The molecule has 1 saturated heterocycles. The Bertz CT molecular complexity index is 1220. The minimum atomic E-state index is -1.06. The lowest BCUT2D eigenvalue weighted by atomic mass is 9.98. The third-order valence-electron chi connectivity index (χ3n) is 6.44. The highest BCUT2D eigenvalue weighted by Gasteiger charge is 2.39. The fraction of sp³-hybridized carbons (Fsp3) is 0.222. The third kappa shape index (κ3) is 4.49. The van der Waals surface area contributed by atoms with Crippen LogP contribution in [0.2, 0.25) is 0 Å². The van der Waals surface area contributed by atoms with Gasteiger partial charge in [0.1, 0.15) is 18.7 Å². The number of thioether (sulfide) groups is 1. The Morgan fingerprint density at radius 1 is 0.943 bits per heavy atom. The SMILES string of the molecule is O=C(N[C@H](C(=O)N1CSC[C@H]1C(=O)O)c1ccccc1)OCC1c2ccccc2-c2ccccc21. The molecule has 0 aromatic heterocycles. The molecule has 5 rings (SSSR count). The number of nitrogens with zero attached hydrogens (tertiary/aromatic N) is 1. The highest BCUT2D eigenvalue weighted by molar-refractivity contribution is 7.99. The maximum Gasteiger partial charge on any atom is 0.408 e. The number of amides is 2. The largest absolute Gasteiger partial charge is 0.480 e. The number of rotatable bonds is 6. The van der Waals surface area contributed by atoms with Gasteiger partial charge in [-0.3, -0.25) is 4.79 Å². The monoisotopic (exact) mass is 488 g/mol. The minimum absolute atomic E-state index is 0.106. The minimum Gasteiger partial charge on any atom is -0.480 e. The quantitative estimate of drug-likeness (QED) is 0.539. The van der Waals surface area contributed by atoms with Crippen LogP contribution in [0.1, 0.15) is 28.7 Å². The predicted molar refractivity (Wildman–Crippen MR) is 133 cm³/mol. The van der Waals surface area contributed by atoms with Crippen LogP contribution in [0.25, 0.3) is 11.1 Å². The fourth-order valence-corrected chi connectivity index (χ4v) is 5.88. The Labute approximate surface area is 207 Å². The van der Waals surface area contributed by atoms with E-state index in [2.05, 4.69) is 17.4 Å². The number of nitrogens with one attached hydrogen (secondary N) is 1. The molecule has 2 amide bonds. The van der Waals surface area contributed by atoms with Crippen molar-refractivity contribution in [2.75, 3.05) is 18.2 Å². The summed E-state index contributed by atoms with van der Waals surface area (Å²) in [6.07, 6.45) is -0.729. The Morgan fingerprint density at radius 2 is 1.54 bits per heavy atom. The Kier molecular flexibility index (Phi) is 6.46. The summed E-state index contributed by atoms with van der Waals surface area (Å²) in [5.74, 6) is -1.07. The second kappa shape index (κ2) is 9.84. The zero-order valence-electron chi connectivity index (χ0n) is 18.8. The second-order valence-electron chi connectivity index (χ2n) is 8.48. The summed E-state index contributed by atoms with van der Waals surface area (Å²) in [5.41, 5.74) is 5.00. The third-order valence-corrected chi connectivity index (χ3v) is 7.45. The molecule has 0 radical (unpaired) electrons. The first-order chi connectivity index (χ1) is 17.0. The molecular formula is C27H24N2O5S. The molecule has 1 heterocycles. The first-order valence-corrected chi connectivity index (χ1v) is 12.5. The van der Waals surface area contributed by atoms with Gasteiger partial charge in [-0.25, -0.2) is 9.59 Å². The van der Waals surface area contributed by atoms with Gasteiger partial charge >= 0.3 is 12.1 Å². The topological polar surface area (TPSA) is 95.9 Å². The number of hydrogen-bond acceptors (Lipinski definition) is 5. The number of carboxylic acid groups (broad SMARTS) is 1. The fourth-order valence-electron chi connectivity index (χ4n) is 4.72. The van der Waals surface area contributed by atoms with Crippen LogP contribution in [-0.2, 0) is 14.3 Å². The van der Waals surface area contributed by atoms with E-state index in [1.54, 1.807) is 24.3 Å². The number of fused-ring (bicyclic) bond motifs is 3. The molecule has 1 aliphatic carbocycles. The highest BCUT2D eigenvalue weighted by Crippen LogP contribution is 2.44. The van der Waals surface area contributed by atoms with E-state index in [-0.39, 0.29) is 18.4 Å². The maximum absolute atomic E-state index is 13.4. The number of carbonyl (C=O) groups excluding carboxylic acids is 2. The molecule has 0 unspecified atom stereocenters. The van der Waals surface area contributed by atoms with Gasteiger partial charge in [0.25, 0.3) is 5.91 Å². The molecular weight excluding hydrogens is 464 g/mol. The molecule has 3 aromatic rings. The van der Waals surface area contributed by atoms with Crippen LogP contribution in [0.5, 0.6) is 0 Å². The highest BCUT2D eigenvalue weighted by atomic mass is 32.2. The standard InChI is InChI=1S/C27H24N2O5S/c30-25(29-16-35-15-23(29)26(31)32)24(17-8-2-1-3-9-17)28-27(33)34-14-22-20-12-6-4-10-18(20)19-11-5-7-13-21(19)22/h1-13,22-24H,14-16H2,(H,28,33)(H,31,32)/t23-,24-/m0/s1. The van der Waals surface area contributed by atoms with E-state index < -0.39 is 30.1 Å². The van der Waals surface area contributed by atoms with Crippen molar-refractivity contribution in [3.05, 3.63) is 95.6 Å². The van der Waals surface area contributed by atoms with E-state index in [4.69, 9.17) is 4.74 Å². The summed E-state index contributed by atoms with van der Waals surface area (Å²) >= 11 is 1.37. The number of benzene rings is 3. The number of ether oxygens (including phenoxy) is 1. The van der Waals surface area contributed by atoms with Gasteiger partial charge in [-0.15, -0.1) is 11.8 Å². The Hall–Kier alpha value is -3.78. The van der Waals surface area contributed by atoms with Crippen molar-refractivity contribution in [3.63, 3.8) is 0 Å². The van der Waals surface area contributed by atoms with Crippen molar-refractivity contribution in [3.8, 4) is 11.1 Å². The van der Waals surface area contributed by atoms with Crippen LogP contribution in [0.4, 0.5) is 4.79 Å². The maximum atomic E-state index is 13.4. The van der Waals surface area contributed by atoms with Gasteiger partial charge in [0, 0.05) is 11.7 Å². The molecule has 3 aromatic carbocycles. The summed E-state index contributed by atoms with van der Waals surface area (Å²) in [4.78, 5) is 39.2. The lowest BCUT2D eigenvalue weighted by molar-refractivity contribution is -0.148. The molecule has 0 bridgehead atoms. The van der Waals surface area contributed by atoms with Gasteiger partial charge in [0.15, 0.2) is 0 Å². The molecule has 178 valence electrons. The molecule has 1 fully saturated rings. The number of carboxylic acids is 1. The van der Waals surface area contributed by atoms with Crippen molar-refractivity contribution < 1.29 is 24.2 Å². The molecule has 2 N–H and O–H groups in total. The lowest BCUT2D eigenvalue weighted by Gasteiger charge is -2.27. The average Bonchev–Trinajstić information content (AvgIpc) is 3.50. The Balaban J connectivity index is 1.33. The van der Waals surface area contributed by atoms with E-state index in [0.29, 0.717) is 11.3 Å². The van der Waals surface area contributed by atoms with E-state index in [1.807, 2.05) is 42.5 Å². The first-order valence-electron chi connectivity index (χ1n) is 11.3. The van der Waals surface area contributed by atoms with Gasteiger partial charge in [-0.2, -0.15) is 0 Å². The summed E-state index contributed by atoms with van der Waals surface area (Å²) in [6, 6.07) is 22.9. The van der Waals surface area contributed by atoms with Crippen molar-refractivity contribution in [1.82, 2.24) is 10.2 Å². The second-order valence-corrected chi connectivity index (χ2v) is 9.48. The Morgan fingerprint density at radius 3 is 2.17 bits per heavy atom. The van der Waals surface area contributed by atoms with Crippen LogP contribution in [-0.4, -0.2) is 52.3 Å².